The number of piperazine rings is 1. The Balaban J connectivity index is 0.00000261. The van der Waals surface area contributed by atoms with E-state index >= 15 is 0 Å². The third-order valence-electron chi connectivity index (χ3n) is 4.14. The molecule has 1 aliphatic rings. The number of hydrogen-bond donors (Lipinski definition) is 3. The van der Waals surface area contributed by atoms with Gasteiger partial charge in [-0.3, -0.25) is 14.5 Å². The highest BCUT2D eigenvalue weighted by molar-refractivity contribution is 7.12. The molecule has 2 heterocycles. The second kappa shape index (κ2) is 10.6. The monoisotopic (exact) mass is 428 g/mol. The van der Waals surface area contributed by atoms with E-state index in [9.17, 15) is 9.59 Å². The van der Waals surface area contributed by atoms with Crippen molar-refractivity contribution in [2.45, 2.75) is 0 Å². The van der Waals surface area contributed by atoms with Gasteiger partial charge in [0.1, 0.15) is 0 Å². The van der Waals surface area contributed by atoms with Crippen molar-refractivity contribution in [1.29, 1.82) is 0 Å². The van der Waals surface area contributed by atoms with Crippen molar-refractivity contribution in [1.82, 2.24) is 15.5 Å². The number of benzene rings is 1. The summed E-state index contributed by atoms with van der Waals surface area (Å²) in [5, 5.41) is 11.2. The topological polar surface area (TPSA) is 73.5 Å². The van der Waals surface area contributed by atoms with Crippen LogP contribution < -0.4 is 16.0 Å². The van der Waals surface area contributed by atoms with Crippen LogP contribution in [0.2, 0.25) is 5.02 Å². The lowest BCUT2D eigenvalue weighted by atomic mass is 10.2. The molecule has 2 aromatic rings. The van der Waals surface area contributed by atoms with E-state index in [1.165, 1.54) is 11.3 Å². The lowest BCUT2D eigenvalue weighted by Crippen LogP contribution is -2.46. The minimum atomic E-state index is -0.238. The summed E-state index contributed by atoms with van der Waals surface area (Å²) in [6.45, 7) is 5.36. The Hall–Kier alpha value is -1.64. The van der Waals surface area contributed by atoms with Crippen molar-refractivity contribution in [3.8, 4) is 0 Å². The van der Waals surface area contributed by atoms with Gasteiger partial charge in [0.15, 0.2) is 0 Å². The number of nitrogens with zero attached hydrogens (tertiary/aromatic N) is 1. The summed E-state index contributed by atoms with van der Waals surface area (Å²) in [5.74, 6) is -0.415. The Morgan fingerprint density at radius 1 is 1.19 bits per heavy atom. The highest BCUT2D eigenvalue weighted by atomic mass is 35.5. The fourth-order valence-electron chi connectivity index (χ4n) is 2.72. The molecule has 1 aliphatic heterocycles. The zero-order valence-electron chi connectivity index (χ0n) is 14.7. The van der Waals surface area contributed by atoms with E-state index in [2.05, 4.69) is 20.9 Å². The van der Waals surface area contributed by atoms with Gasteiger partial charge in [0.05, 0.1) is 15.6 Å². The predicted octanol–water partition coefficient (Wildman–Crippen LogP) is 2.71. The van der Waals surface area contributed by atoms with Crippen LogP contribution in [0.25, 0.3) is 0 Å². The molecule has 3 N–H and O–H groups in total. The summed E-state index contributed by atoms with van der Waals surface area (Å²) >= 11 is 7.50. The van der Waals surface area contributed by atoms with Crippen LogP contribution in [0.1, 0.15) is 20.0 Å². The summed E-state index contributed by atoms with van der Waals surface area (Å²) in [7, 11) is 0. The third-order valence-corrected chi connectivity index (χ3v) is 5.34. The first-order chi connectivity index (χ1) is 12.6. The van der Waals surface area contributed by atoms with Gasteiger partial charge in [0.2, 0.25) is 0 Å². The first-order valence-electron chi connectivity index (χ1n) is 8.49. The molecule has 0 aliphatic carbocycles. The molecule has 2 amide bonds. The number of amides is 2. The van der Waals surface area contributed by atoms with Crippen molar-refractivity contribution in [3.05, 3.63) is 51.2 Å². The van der Waals surface area contributed by atoms with Crippen molar-refractivity contribution < 1.29 is 9.59 Å². The van der Waals surface area contributed by atoms with Gasteiger partial charge >= 0.3 is 0 Å². The van der Waals surface area contributed by atoms with Gasteiger partial charge in [-0.05, 0) is 29.6 Å². The Morgan fingerprint density at radius 3 is 2.67 bits per heavy atom. The molecule has 0 spiro atoms. The van der Waals surface area contributed by atoms with Gasteiger partial charge in [-0.25, -0.2) is 0 Å². The smallest absolute Gasteiger partial charge is 0.265 e. The van der Waals surface area contributed by atoms with Gasteiger partial charge < -0.3 is 16.0 Å². The minimum Gasteiger partial charge on any atom is -0.351 e. The molecule has 0 radical (unpaired) electrons. The molecular weight excluding hydrogens is 407 g/mol. The molecule has 3 rings (SSSR count). The fraction of sp³-hybridized carbons (Fsp3) is 0.333. The molecule has 6 nitrogen and oxygen atoms in total. The molecule has 0 saturated carbocycles. The molecule has 1 aromatic carbocycles. The van der Waals surface area contributed by atoms with Crippen molar-refractivity contribution >= 4 is 52.8 Å². The maximum absolute atomic E-state index is 12.4. The standard InChI is InChI=1S/C18H21ClN4O2S.ClH/c19-14-4-3-13(12-15(14)22-18(25)16-2-1-11-26-16)17(24)21-7-10-23-8-5-20-6-9-23;/h1-4,11-12,20H,5-10H2,(H,21,24)(H,22,25);1H. The number of halogens is 2. The molecule has 0 unspecified atom stereocenters. The number of carbonyl (C=O) groups excluding carboxylic acids is 2. The van der Waals surface area contributed by atoms with Crippen LogP contribution >= 0.6 is 35.3 Å². The van der Waals surface area contributed by atoms with Gasteiger partial charge in [0, 0.05) is 44.8 Å². The number of anilines is 1. The Bertz CT molecular complexity index is 765. The first kappa shape index (κ1) is 21.7. The summed E-state index contributed by atoms with van der Waals surface area (Å²) in [6.07, 6.45) is 0. The average Bonchev–Trinajstić information content (AvgIpc) is 3.19. The Morgan fingerprint density at radius 2 is 1.96 bits per heavy atom. The molecule has 1 aromatic heterocycles. The molecule has 27 heavy (non-hydrogen) atoms. The van der Waals surface area contributed by atoms with Crippen LogP contribution in [0.5, 0.6) is 0 Å². The lowest BCUT2D eigenvalue weighted by molar-refractivity contribution is 0.0946. The van der Waals surface area contributed by atoms with Crippen LogP contribution in [-0.2, 0) is 0 Å². The van der Waals surface area contributed by atoms with Crippen LogP contribution in [0.15, 0.2) is 35.7 Å². The quantitative estimate of drug-likeness (QED) is 0.661. The van der Waals surface area contributed by atoms with E-state index < -0.39 is 0 Å². The Kier molecular flexibility index (Phi) is 8.53. The minimum absolute atomic E-state index is 0. The van der Waals surface area contributed by atoms with Crippen molar-refractivity contribution in [2.75, 3.05) is 44.6 Å². The molecule has 146 valence electrons. The van der Waals surface area contributed by atoms with E-state index in [1.807, 2.05) is 11.4 Å². The lowest BCUT2D eigenvalue weighted by Gasteiger charge is -2.27. The molecular formula is C18H22Cl2N4O2S. The summed E-state index contributed by atoms with van der Waals surface area (Å²) in [4.78, 5) is 27.5. The Labute approximate surface area is 173 Å². The maximum Gasteiger partial charge on any atom is 0.265 e. The second-order valence-corrected chi connectivity index (χ2v) is 7.33. The number of carbonyl (C=O) groups is 2. The summed E-state index contributed by atoms with van der Waals surface area (Å²) < 4.78 is 0. The van der Waals surface area contributed by atoms with Crippen molar-refractivity contribution in [3.63, 3.8) is 0 Å². The highest BCUT2D eigenvalue weighted by Crippen LogP contribution is 2.24. The average molecular weight is 429 g/mol. The predicted molar refractivity (Wildman–Crippen MR) is 113 cm³/mol. The van der Waals surface area contributed by atoms with Gasteiger partial charge in [-0.15, -0.1) is 23.7 Å². The van der Waals surface area contributed by atoms with Crippen LogP contribution in [-0.4, -0.2) is 56.0 Å². The SMILES string of the molecule is Cl.O=C(NCCN1CCNCC1)c1ccc(Cl)c(NC(=O)c2cccs2)c1. The van der Waals surface area contributed by atoms with E-state index in [0.29, 0.717) is 27.7 Å². The van der Waals surface area contributed by atoms with E-state index in [4.69, 9.17) is 11.6 Å². The summed E-state index contributed by atoms with van der Waals surface area (Å²) in [5.41, 5.74) is 0.899. The van der Waals surface area contributed by atoms with Crippen molar-refractivity contribution in [2.24, 2.45) is 0 Å². The first-order valence-corrected chi connectivity index (χ1v) is 9.75. The highest BCUT2D eigenvalue weighted by Gasteiger charge is 2.14. The maximum atomic E-state index is 12.4. The number of rotatable bonds is 6. The van der Waals surface area contributed by atoms with Crippen LogP contribution in [0.3, 0.4) is 0 Å². The van der Waals surface area contributed by atoms with E-state index in [0.717, 1.165) is 32.7 Å². The molecule has 0 bridgehead atoms. The zero-order chi connectivity index (χ0) is 18.4. The molecule has 1 saturated heterocycles. The molecule has 0 atom stereocenters. The van der Waals surface area contributed by atoms with Crippen LogP contribution in [0.4, 0.5) is 5.69 Å². The normalized spacial score (nSPS) is 14.3. The summed E-state index contributed by atoms with van der Waals surface area (Å²) in [6, 6.07) is 8.43. The van der Waals surface area contributed by atoms with E-state index in [-0.39, 0.29) is 24.2 Å². The van der Waals surface area contributed by atoms with Crippen LogP contribution in [0, 0.1) is 0 Å². The molecule has 9 heteroatoms. The fourth-order valence-corrected chi connectivity index (χ4v) is 3.50. The van der Waals surface area contributed by atoms with E-state index in [1.54, 1.807) is 24.3 Å². The zero-order valence-corrected chi connectivity index (χ0v) is 17.1. The van der Waals surface area contributed by atoms with Gasteiger partial charge in [0.25, 0.3) is 11.8 Å². The third kappa shape index (κ3) is 6.19. The number of nitrogens with one attached hydrogen (secondary N) is 3. The van der Waals surface area contributed by atoms with Gasteiger partial charge in [-0.2, -0.15) is 0 Å². The number of hydrogen-bond acceptors (Lipinski definition) is 5. The second-order valence-electron chi connectivity index (χ2n) is 5.97. The molecule has 1 fully saturated rings. The van der Waals surface area contributed by atoms with Gasteiger partial charge in [-0.1, -0.05) is 17.7 Å². The largest absolute Gasteiger partial charge is 0.351 e. The number of thiophene rings is 1.